The average molecular weight is 252 g/mol. The van der Waals surface area contributed by atoms with E-state index in [-0.39, 0.29) is 5.41 Å². The molecule has 0 bridgehead atoms. The molecule has 4 heteroatoms. The smallest absolute Gasteiger partial charge is 0.0794 e. The molecule has 2 fully saturated rings. The second-order valence-electron chi connectivity index (χ2n) is 5.75. The van der Waals surface area contributed by atoms with Crippen LogP contribution in [0.4, 0.5) is 0 Å². The fraction of sp³-hybridized carbons (Fsp3) is 0.769. The maximum atomic E-state index is 5.91. The third-order valence-electron chi connectivity index (χ3n) is 4.31. The number of hydrogen-bond acceptors (Lipinski definition) is 4. The Balaban J connectivity index is 1.62. The van der Waals surface area contributed by atoms with Crippen molar-refractivity contribution in [1.82, 2.24) is 10.3 Å². The monoisotopic (exact) mass is 252 g/mol. The predicted molar refractivity (Wildman–Crippen MR) is 69.0 cm³/mol. The van der Waals surface area contributed by atoms with Crippen LogP contribution in [0.5, 0.6) is 0 Å². The summed E-state index contributed by atoms with van der Waals surface area (Å²) in [4.78, 5) is 5.44. The third-order valence-corrected chi connectivity index (χ3v) is 5.09. The van der Waals surface area contributed by atoms with Gasteiger partial charge in [0, 0.05) is 41.6 Å². The van der Waals surface area contributed by atoms with Crippen LogP contribution in [-0.4, -0.2) is 23.7 Å². The largest absolute Gasteiger partial charge is 0.377 e. The molecule has 0 radical (unpaired) electrons. The van der Waals surface area contributed by atoms with Gasteiger partial charge in [-0.1, -0.05) is 13.8 Å². The van der Waals surface area contributed by atoms with Gasteiger partial charge < -0.3 is 10.1 Å². The van der Waals surface area contributed by atoms with Crippen LogP contribution < -0.4 is 5.32 Å². The highest BCUT2D eigenvalue weighted by Gasteiger charge is 2.57. The Labute approximate surface area is 107 Å². The highest BCUT2D eigenvalue weighted by Crippen LogP contribution is 2.51. The first-order chi connectivity index (χ1) is 8.19. The maximum absolute atomic E-state index is 5.91. The van der Waals surface area contributed by atoms with Gasteiger partial charge in [0.25, 0.3) is 0 Å². The Bertz CT molecular complexity index is 377. The normalized spacial score (nSPS) is 35.1. The van der Waals surface area contributed by atoms with E-state index in [1.807, 2.05) is 11.7 Å². The fourth-order valence-electron chi connectivity index (χ4n) is 3.48. The van der Waals surface area contributed by atoms with Gasteiger partial charge in [0.2, 0.25) is 0 Å². The van der Waals surface area contributed by atoms with E-state index in [2.05, 4.69) is 24.1 Å². The number of nitrogens with one attached hydrogen (secondary N) is 1. The average Bonchev–Trinajstić information content (AvgIpc) is 2.82. The third kappa shape index (κ3) is 1.92. The van der Waals surface area contributed by atoms with Crippen molar-refractivity contribution in [2.75, 3.05) is 6.61 Å². The number of hydrogen-bond donors (Lipinski definition) is 1. The molecule has 3 atom stereocenters. The molecule has 1 aromatic rings. The van der Waals surface area contributed by atoms with E-state index in [9.17, 15) is 0 Å². The lowest BCUT2D eigenvalue weighted by molar-refractivity contribution is -0.192. The molecule has 2 aliphatic rings. The number of thiazole rings is 1. The Morgan fingerprint density at radius 3 is 3.24 bits per heavy atom. The lowest BCUT2D eigenvalue weighted by Gasteiger charge is -2.60. The van der Waals surface area contributed by atoms with Gasteiger partial charge in [0.1, 0.15) is 0 Å². The summed E-state index contributed by atoms with van der Waals surface area (Å²) in [6, 6.07) is 0.592. The predicted octanol–water partition coefficient (Wildman–Crippen LogP) is 2.44. The first-order valence-corrected chi connectivity index (χ1v) is 7.30. The van der Waals surface area contributed by atoms with Crippen molar-refractivity contribution in [3.05, 3.63) is 16.6 Å². The summed E-state index contributed by atoms with van der Waals surface area (Å²) in [5.41, 5.74) is 2.17. The summed E-state index contributed by atoms with van der Waals surface area (Å²) in [5, 5.41) is 3.70. The molecule has 1 N–H and O–H groups in total. The van der Waals surface area contributed by atoms with Crippen molar-refractivity contribution in [3.63, 3.8) is 0 Å². The number of fused-ring (bicyclic) bond motifs is 1. The highest BCUT2D eigenvalue weighted by atomic mass is 32.1. The van der Waals surface area contributed by atoms with Crippen LogP contribution in [0.2, 0.25) is 0 Å². The van der Waals surface area contributed by atoms with Gasteiger partial charge in [0.05, 0.1) is 11.6 Å². The molecular formula is C13H20N2OS. The standard InChI is InChI=1S/C13H20N2OS/c1-13(2)11(10-4-3-5-16-12(10)13)15-7-9-6-14-8-17-9/h6,8,10-12,15H,3-5,7H2,1-2H3. The second kappa shape index (κ2) is 4.34. The van der Waals surface area contributed by atoms with Gasteiger partial charge in [-0.05, 0) is 12.8 Å². The minimum Gasteiger partial charge on any atom is -0.377 e. The van der Waals surface area contributed by atoms with Crippen molar-refractivity contribution in [2.45, 2.75) is 45.4 Å². The minimum absolute atomic E-state index is 0.274. The van der Waals surface area contributed by atoms with Crippen molar-refractivity contribution in [3.8, 4) is 0 Å². The molecule has 0 amide bonds. The molecule has 1 saturated carbocycles. The summed E-state index contributed by atoms with van der Waals surface area (Å²) < 4.78 is 5.91. The number of aromatic nitrogens is 1. The topological polar surface area (TPSA) is 34.2 Å². The van der Waals surface area contributed by atoms with Crippen molar-refractivity contribution in [2.24, 2.45) is 11.3 Å². The molecule has 17 heavy (non-hydrogen) atoms. The quantitative estimate of drug-likeness (QED) is 0.897. The van der Waals surface area contributed by atoms with E-state index in [0.29, 0.717) is 18.1 Å². The molecule has 1 aliphatic carbocycles. The van der Waals surface area contributed by atoms with E-state index in [4.69, 9.17) is 4.74 Å². The maximum Gasteiger partial charge on any atom is 0.0794 e. The number of rotatable bonds is 3. The van der Waals surface area contributed by atoms with Crippen LogP contribution in [-0.2, 0) is 11.3 Å². The molecule has 3 rings (SSSR count). The molecule has 3 nitrogen and oxygen atoms in total. The van der Waals surface area contributed by atoms with Crippen molar-refractivity contribution >= 4 is 11.3 Å². The van der Waals surface area contributed by atoms with Gasteiger partial charge in [-0.3, -0.25) is 4.98 Å². The Morgan fingerprint density at radius 1 is 1.59 bits per heavy atom. The van der Waals surface area contributed by atoms with E-state index in [1.165, 1.54) is 17.7 Å². The van der Waals surface area contributed by atoms with Crippen LogP contribution >= 0.6 is 11.3 Å². The Hall–Kier alpha value is -0.450. The van der Waals surface area contributed by atoms with E-state index in [0.717, 1.165) is 13.2 Å². The lowest BCUT2D eigenvalue weighted by atomic mass is 9.55. The fourth-order valence-corrected chi connectivity index (χ4v) is 4.02. The zero-order valence-electron chi connectivity index (χ0n) is 10.5. The van der Waals surface area contributed by atoms with Crippen LogP contribution in [0.3, 0.4) is 0 Å². The summed E-state index contributed by atoms with van der Waals surface area (Å²) in [7, 11) is 0. The Morgan fingerprint density at radius 2 is 2.47 bits per heavy atom. The van der Waals surface area contributed by atoms with Gasteiger partial charge in [-0.2, -0.15) is 0 Å². The SMILES string of the molecule is CC1(C)C(NCc2cncs2)C2CCCOC21. The number of ether oxygens (including phenoxy) is 1. The zero-order valence-corrected chi connectivity index (χ0v) is 11.3. The van der Waals surface area contributed by atoms with Gasteiger partial charge in [0.15, 0.2) is 0 Å². The van der Waals surface area contributed by atoms with Crippen LogP contribution in [0.25, 0.3) is 0 Å². The van der Waals surface area contributed by atoms with E-state index >= 15 is 0 Å². The summed E-state index contributed by atoms with van der Waals surface area (Å²) in [6.07, 6.45) is 4.96. The molecule has 1 aliphatic heterocycles. The van der Waals surface area contributed by atoms with E-state index < -0.39 is 0 Å². The van der Waals surface area contributed by atoms with Crippen molar-refractivity contribution in [1.29, 1.82) is 0 Å². The molecular weight excluding hydrogens is 232 g/mol. The minimum atomic E-state index is 0.274. The molecule has 2 heterocycles. The highest BCUT2D eigenvalue weighted by molar-refractivity contribution is 7.09. The first-order valence-electron chi connectivity index (χ1n) is 6.42. The molecule has 1 saturated heterocycles. The van der Waals surface area contributed by atoms with Gasteiger partial charge in [-0.25, -0.2) is 0 Å². The molecule has 94 valence electrons. The summed E-state index contributed by atoms with van der Waals surface area (Å²) in [5.74, 6) is 0.715. The lowest BCUT2D eigenvalue weighted by Crippen LogP contribution is -2.69. The summed E-state index contributed by atoms with van der Waals surface area (Å²) >= 11 is 1.72. The first kappa shape index (κ1) is 11.6. The number of nitrogens with zero attached hydrogens (tertiary/aromatic N) is 1. The second-order valence-corrected chi connectivity index (χ2v) is 6.72. The van der Waals surface area contributed by atoms with Crippen LogP contribution in [0, 0.1) is 11.3 Å². The van der Waals surface area contributed by atoms with Crippen LogP contribution in [0.15, 0.2) is 11.7 Å². The molecule has 3 unspecified atom stereocenters. The Kier molecular flexibility index (Phi) is 2.97. The van der Waals surface area contributed by atoms with Gasteiger partial charge >= 0.3 is 0 Å². The van der Waals surface area contributed by atoms with Crippen molar-refractivity contribution < 1.29 is 4.74 Å². The molecule has 1 aromatic heterocycles. The van der Waals surface area contributed by atoms with Gasteiger partial charge in [-0.15, -0.1) is 11.3 Å². The zero-order chi connectivity index (χ0) is 11.9. The van der Waals surface area contributed by atoms with Crippen LogP contribution in [0.1, 0.15) is 31.6 Å². The summed E-state index contributed by atoms with van der Waals surface area (Å²) in [6.45, 7) is 6.54. The van der Waals surface area contributed by atoms with E-state index in [1.54, 1.807) is 11.3 Å². The molecule has 0 aromatic carbocycles. The molecule has 0 spiro atoms.